The topological polar surface area (TPSA) is 199 Å². The van der Waals surface area contributed by atoms with Crippen LogP contribution in [-0.4, -0.2) is 57.3 Å². The molecule has 7 heterocycles. The summed E-state index contributed by atoms with van der Waals surface area (Å²) < 4.78 is 61.6. The standard InChI is InChI=1S/C54H44N15O6P3/c1-13-49(14-2-43(1)64-31-25-55-37-64)70-77(71-50-15-3-44(4-16-50)65-32-26-56-38-65,72-51-17-5-45(6-18-51)66-33-27-57-39-66)61-76-62-78(63-77,73-52-19-7-46(8-20-52)67-34-28-58-40-67,74-53-21-9-47(10-22-53)68-35-29-59-41-68)75-54-23-11-48(12-24-54)69-36-30-60-42-69/h1-42,63H,(H,61,62). The van der Waals surface area contributed by atoms with Crippen molar-refractivity contribution in [3.05, 3.63) is 258 Å². The van der Waals surface area contributed by atoms with Crippen LogP contribution in [-0.2, 0) is 0 Å². The third-order valence-electron chi connectivity index (χ3n) is 12.2. The van der Waals surface area contributed by atoms with Crippen LogP contribution in [0.4, 0.5) is 0 Å². The van der Waals surface area contributed by atoms with Gasteiger partial charge >= 0.3 is 449 Å². The Morgan fingerprint density at radius 3 is 0.718 bits per heavy atom. The number of rotatable bonds is 18. The van der Waals surface area contributed by atoms with Crippen molar-refractivity contribution in [2.45, 2.75) is 0 Å². The van der Waals surface area contributed by atoms with Gasteiger partial charge in [-0.15, -0.1) is 0 Å². The third kappa shape index (κ3) is 9.73. The van der Waals surface area contributed by atoms with Gasteiger partial charge in [0.15, 0.2) is 0 Å². The molecule has 2 N–H and O–H groups in total. The van der Waals surface area contributed by atoms with E-state index >= 15 is 0 Å². The maximum absolute atomic E-state index is 7.52. The van der Waals surface area contributed by atoms with Gasteiger partial charge in [0.25, 0.3) is 0 Å². The maximum atomic E-state index is 7.52. The molecule has 24 heteroatoms. The molecule has 0 atom stereocenters. The van der Waals surface area contributed by atoms with Crippen molar-refractivity contribution in [3.63, 3.8) is 0 Å². The summed E-state index contributed by atoms with van der Waals surface area (Å²) in [6.45, 7) is 0. The van der Waals surface area contributed by atoms with Crippen LogP contribution in [0, 0.1) is 0 Å². The van der Waals surface area contributed by atoms with Gasteiger partial charge in [0.05, 0.1) is 0 Å². The molecule has 1 aliphatic rings. The zero-order valence-corrected chi connectivity index (χ0v) is 43.5. The third-order valence-corrected chi connectivity index (χ3v) is 21.5. The molecule has 1 aliphatic heterocycles. The molecule has 0 unspecified atom stereocenters. The molecule has 0 saturated heterocycles. The summed E-state index contributed by atoms with van der Waals surface area (Å²) in [6, 6.07) is 44.3. The van der Waals surface area contributed by atoms with E-state index in [1.165, 1.54) is 0 Å². The average molecular weight is 1090 g/mol. The normalized spacial score (nSPS) is 16.1. The number of hydrogen-bond acceptors (Lipinski definition) is 15. The first kappa shape index (κ1) is 47.9. The molecule has 0 spiro atoms. The molecule has 0 saturated carbocycles. The van der Waals surface area contributed by atoms with Gasteiger partial charge in [-0.25, -0.2) is 0 Å². The molecule has 13 rings (SSSR count). The Morgan fingerprint density at radius 2 is 0.513 bits per heavy atom. The van der Waals surface area contributed by atoms with Crippen LogP contribution in [0.3, 0.4) is 0 Å². The Labute approximate surface area is 447 Å². The van der Waals surface area contributed by atoms with Crippen LogP contribution in [0.2, 0.25) is 0 Å². The fourth-order valence-corrected chi connectivity index (χ4v) is 18.8. The second-order valence-electron chi connectivity index (χ2n) is 17.4. The van der Waals surface area contributed by atoms with Crippen molar-refractivity contribution in [2.24, 2.45) is 4.52 Å². The van der Waals surface area contributed by atoms with E-state index in [-0.39, 0.29) is 8.52 Å². The van der Waals surface area contributed by atoms with Gasteiger partial charge in [-0.05, 0) is 0 Å². The Hall–Kier alpha value is -9.74. The Bertz CT molecular complexity index is 3520. The zero-order chi connectivity index (χ0) is 52.3. The molecular weight excluding hydrogens is 1050 g/mol. The molecule has 0 fully saturated rings. The summed E-state index contributed by atoms with van der Waals surface area (Å²) in [6.07, 6.45) is 31.7. The van der Waals surface area contributed by atoms with Gasteiger partial charge in [-0.1, -0.05) is 0 Å². The number of imidazole rings is 6. The molecule has 386 valence electrons. The van der Waals surface area contributed by atoms with E-state index in [0.717, 1.165) is 34.1 Å². The van der Waals surface area contributed by atoms with Gasteiger partial charge in [0.1, 0.15) is 0 Å². The minimum absolute atomic E-state index is 0.0856. The summed E-state index contributed by atoms with van der Waals surface area (Å²) in [7, 11) is -11.2. The number of nitrogens with zero attached hydrogens (tertiary/aromatic N) is 13. The quantitative estimate of drug-likeness (QED) is 0.0769. The number of benzene rings is 6. The van der Waals surface area contributed by atoms with E-state index < -0.39 is 15.2 Å². The van der Waals surface area contributed by atoms with Crippen molar-refractivity contribution >= 4 is 23.7 Å². The first-order chi connectivity index (χ1) is 38.3. The van der Waals surface area contributed by atoms with Crippen LogP contribution in [0.5, 0.6) is 34.5 Å². The van der Waals surface area contributed by atoms with Gasteiger partial charge in [-0.2, -0.15) is 0 Å². The van der Waals surface area contributed by atoms with Crippen molar-refractivity contribution in [3.8, 4) is 68.6 Å². The fourth-order valence-electron chi connectivity index (χ4n) is 8.53. The van der Waals surface area contributed by atoms with Crippen LogP contribution in [0.25, 0.3) is 34.1 Å². The number of aromatic nitrogens is 12. The zero-order valence-electron chi connectivity index (χ0n) is 40.9. The van der Waals surface area contributed by atoms with Crippen molar-refractivity contribution in [1.29, 1.82) is 0 Å². The van der Waals surface area contributed by atoms with Gasteiger partial charge < -0.3 is 0 Å². The van der Waals surface area contributed by atoms with E-state index in [1.54, 1.807) is 112 Å². The van der Waals surface area contributed by atoms with Gasteiger partial charge in [0, 0.05) is 0 Å². The predicted molar refractivity (Wildman–Crippen MR) is 295 cm³/mol. The fraction of sp³-hybridized carbons (Fsp3) is 0. The summed E-state index contributed by atoms with van der Waals surface area (Å²) in [5.41, 5.74) is 4.91. The average Bonchev–Trinajstić information content (AvgIpc) is 4.45. The predicted octanol–water partition coefficient (Wildman–Crippen LogP) is 12.1. The Kier molecular flexibility index (Phi) is 12.1. The molecule has 78 heavy (non-hydrogen) atoms. The van der Waals surface area contributed by atoms with Crippen LogP contribution in [0.15, 0.2) is 262 Å². The molecule has 6 aromatic carbocycles. The number of hydrogen-bond donors (Lipinski definition) is 2. The Morgan fingerprint density at radius 1 is 0.295 bits per heavy atom. The second-order valence-corrected chi connectivity index (χ2v) is 24.5. The summed E-state index contributed by atoms with van der Waals surface area (Å²) >= 11 is 0. The first-order valence-corrected chi connectivity index (χ1v) is 28.9. The molecule has 0 amide bonds. The van der Waals surface area contributed by atoms with Crippen molar-refractivity contribution in [2.75, 3.05) is 0 Å². The molecule has 6 aromatic heterocycles. The minimum atomic E-state index is -5.70. The van der Waals surface area contributed by atoms with E-state index in [4.69, 9.17) is 31.7 Å². The first-order valence-electron chi connectivity index (χ1n) is 24.1. The van der Waals surface area contributed by atoms with Crippen LogP contribution >= 0.6 is 23.7 Å². The van der Waals surface area contributed by atoms with Crippen LogP contribution in [0.1, 0.15) is 0 Å². The van der Waals surface area contributed by atoms with E-state index in [1.807, 2.05) is 174 Å². The van der Waals surface area contributed by atoms with Crippen molar-refractivity contribution in [1.82, 2.24) is 67.0 Å². The molecule has 0 aliphatic carbocycles. The van der Waals surface area contributed by atoms with Crippen LogP contribution < -0.4 is 36.9 Å². The van der Waals surface area contributed by atoms with E-state index in [0.29, 0.717) is 34.5 Å². The summed E-state index contributed by atoms with van der Waals surface area (Å²) in [5, 5.41) is 0. The SMILES string of the molecule is c1cn(-c2ccc(OP3(Oc4ccc(-n5ccnc5)cc4)(Oc4ccc(-n5ccnc5)cc4)N=PNP(Oc4ccc(-n5ccnc5)cc4)(Oc4ccc(-n5ccnc5)cc4)(Oc4ccc(-n5ccnc5)cc4)N3)cc2)cn1. The molecular formula is C54H44N15O6P3. The summed E-state index contributed by atoms with van der Waals surface area (Å²) in [5.74, 6) is 1.83. The van der Waals surface area contributed by atoms with Gasteiger partial charge in [-0.3, -0.25) is 0 Å². The summed E-state index contributed by atoms with van der Waals surface area (Å²) in [4.78, 5) is 32.8. The molecule has 21 nitrogen and oxygen atoms in total. The molecule has 12 aromatic rings. The Balaban J connectivity index is 1.04. The monoisotopic (exact) mass is 1090 g/mol. The van der Waals surface area contributed by atoms with E-state index in [2.05, 4.69) is 39.6 Å². The van der Waals surface area contributed by atoms with Crippen molar-refractivity contribution < 1.29 is 27.1 Å². The van der Waals surface area contributed by atoms with E-state index in [9.17, 15) is 0 Å². The number of nitrogens with one attached hydrogen (secondary N) is 2. The molecule has 0 radical (unpaired) electrons. The molecule has 0 bridgehead atoms. The van der Waals surface area contributed by atoms with Gasteiger partial charge in [0.2, 0.25) is 0 Å². The second kappa shape index (κ2) is 19.8.